The minimum Gasteiger partial charge on any atom is -0.472 e. The van der Waals surface area contributed by atoms with Gasteiger partial charge in [0.1, 0.15) is 11.9 Å². The van der Waals surface area contributed by atoms with Crippen molar-refractivity contribution in [3.63, 3.8) is 0 Å². The van der Waals surface area contributed by atoms with Crippen molar-refractivity contribution in [1.82, 2.24) is 9.97 Å². The van der Waals surface area contributed by atoms with Crippen LogP contribution < -0.4 is 10.5 Å². The number of benzene rings is 1. The molecular formula is C14H15N3O2. The highest BCUT2D eigenvalue weighted by Crippen LogP contribution is 2.21. The number of nitrogens with two attached hydrogens (primary N) is 1. The van der Waals surface area contributed by atoms with Crippen LogP contribution in [0.5, 0.6) is 5.88 Å². The van der Waals surface area contributed by atoms with Gasteiger partial charge in [0.15, 0.2) is 5.82 Å². The van der Waals surface area contributed by atoms with Crippen LogP contribution in [0.1, 0.15) is 6.42 Å². The molecule has 0 bridgehead atoms. The third-order valence-electron chi connectivity index (χ3n) is 2.93. The van der Waals surface area contributed by atoms with Crippen molar-refractivity contribution < 1.29 is 9.47 Å². The van der Waals surface area contributed by atoms with Crippen molar-refractivity contribution in [3.8, 4) is 17.3 Å². The van der Waals surface area contributed by atoms with Crippen LogP contribution in [-0.2, 0) is 4.74 Å². The van der Waals surface area contributed by atoms with Crippen LogP contribution in [0, 0.1) is 0 Å². The third kappa shape index (κ3) is 2.82. The molecule has 5 heteroatoms. The van der Waals surface area contributed by atoms with Gasteiger partial charge in [-0.15, -0.1) is 0 Å². The molecule has 98 valence electrons. The molecule has 2 aromatic rings. The molecule has 1 aliphatic heterocycles. The molecule has 0 saturated carbocycles. The van der Waals surface area contributed by atoms with Gasteiger partial charge in [0.05, 0.1) is 13.2 Å². The van der Waals surface area contributed by atoms with Gasteiger partial charge in [-0.3, -0.25) is 0 Å². The maximum atomic E-state index is 5.81. The summed E-state index contributed by atoms with van der Waals surface area (Å²) >= 11 is 0. The molecule has 0 radical (unpaired) electrons. The summed E-state index contributed by atoms with van der Waals surface area (Å²) in [6.07, 6.45) is 0.933. The van der Waals surface area contributed by atoms with Gasteiger partial charge in [0.2, 0.25) is 5.88 Å². The summed E-state index contributed by atoms with van der Waals surface area (Å²) in [6, 6.07) is 11.3. The maximum Gasteiger partial charge on any atom is 0.219 e. The quantitative estimate of drug-likeness (QED) is 0.909. The number of aromatic nitrogens is 2. The standard InChI is InChI=1S/C14H15N3O2/c15-12-8-13(19-11-6-7-18-9-11)17-14(16-12)10-4-2-1-3-5-10/h1-5,8,11H,6-7,9H2,(H2,15,16,17). The zero-order valence-corrected chi connectivity index (χ0v) is 10.5. The van der Waals surface area contributed by atoms with Gasteiger partial charge in [-0.05, 0) is 0 Å². The Bertz CT molecular complexity index is 554. The summed E-state index contributed by atoms with van der Waals surface area (Å²) in [4.78, 5) is 8.63. The van der Waals surface area contributed by atoms with Crippen LogP contribution in [0.2, 0.25) is 0 Å². The molecule has 3 rings (SSSR count). The number of nitrogen functional groups attached to an aromatic ring is 1. The third-order valence-corrected chi connectivity index (χ3v) is 2.93. The second-order valence-corrected chi connectivity index (χ2v) is 4.42. The van der Waals surface area contributed by atoms with E-state index >= 15 is 0 Å². The number of rotatable bonds is 3. The molecule has 19 heavy (non-hydrogen) atoms. The second-order valence-electron chi connectivity index (χ2n) is 4.42. The van der Waals surface area contributed by atoms with Gasteiger partial charge in [-0.1, -0.05) is 30.3 Å². The Labute approximate surface area is 111 Å². The van der Waals surface area contributed by atoms with E-state index in [1.54, 1.807) is 6.07 Å². The van der Waals surface area contributed by atoms with Crippen molar-refractivity contribution in [3.05, 3.63) is 36.4 Å². The van der Waals surface area contributed by atoms with E-state index in [0.29, 0.717) is 24.1 Å². The van der Waals surface area contributed by atoms with E-state index in [9.17, 15) is 0 Å². The molecule has 1 aromatic carbocycles. The van der Waals surface area contributed by atoms with Crippen LogP contribution >= 0.6 is 0 Å². The minimum absolute atomic E-state index is 0.0536. The molecule has 2 heterocycles. The highest BCUT2D eigenvalue weighted by atomic mass is 16.5. The fourth-order valence-electron chi connectivity index (χ4n) is 2.00. The molecule has 1 aromatic heterocycles. The average Bonchev–Trinajstić information content (AvgIpc) is 2.92. The van der Waals surface area contributed by atoms with Crippen LogP contribution in [0.15, 0.2) is 36.4 Å². The fraction of sp³-hybridized carbons (Fsp3) is 0.286. The van der Waals surface area contributed by atoms with Crippen LogP contribution in [0.4, 0.5) is 5.82 Å². The lowest BCUT2D eigenvalue weighted by Crippen LogP contribution is -2.17. The van der Waals surface area contributed by atoms with Crippen molar-refractivity contribution in [2.75, 3.05) is 18.9 Å². The summed E-state index contributed by atoms with van der Waals surface area (Å²) in [5.41, 5.74) is 6.73. The largest absolute Gasteiger partial charge is 0.472 e. The Morgan fingerprint density at radius 2 is 2.05 bits per heavy atom. The predicted octanol–water partition coefficient (Wildman–Crippen LogP) is 1.89. The molecular weight excluding hydrogens is 242 g/mol. The van der Waals surface area contributed by atoms with E-state index in [0.717, 1.165) is 18.6 Å². The van der Waals surface area contributed by atoms with E-state index < -0.39 is 0 Å². The van der Waals surface area contributed by atoms with Crippen LogP contribution in [0.3, 0.4) is 0 Å². The van der Waals surface area contributed by atoms with Gasteiger partial charge in [-0.25, -0.2) is 4.98 Å². The molecule has 0 aliphatic carbocycles. The van der Waals surface area contributed by atoms with Crippen molar-refractivity contribution in [2.45, 2.75) is 12.5 Å². The van der Waals surface area contributed by atoms with Gasteiger partial charge in [0, 0.05) is 18.1 Å². The van der Waals surface area contributed by atoms with Crippen LogP contribution in [-0.4, -0.2) is 29.3 Å². The summed E-state index contributed by atoms with van der Waals surface area (Å²) in [7, 11) is 0. The number of ether oxygens (including phenoxy) is 2. The first kappa shape index (κ1) is 11.9. The Morgan fingerprint density at radius 1 is 1.21 bits per heavy atom. The monoisotopic (exact) mass is 257 g/mol. The number of hydrogen-bond acceptors (Lipinski definition) is 5. The van der Waals surface area contributed by atoms with Crippen molar-refractivity contribution in [1.29, 1.82) is 0 Å². The molecule has 1 unspecified atom stereocenters. The average molecular weight is 257 g/mol. The molecule has 1 atom stereocenters. The molecule has 1 saturated heterocycles. The van der Waals surface area contributed by atoms with E-state index in [1.807, 2.05) is 30.3 Å². The first-order valence-electron chi connectivity index (χ1n) is 6.25. The molecule has 5 nitrogen and oxygen atoms in total. The van der Waals surface area contributed by atoms with Crippen LogP contribution in [0.25, 0.3) is 11.4 Å². The van der Waals surface area contributed by atoms with Gasteiger partial charge < -0.3 is 15.2 Å². The summed E-state index contributed by atoms with van der Waals surface area (Å²) < 4.78 is 11.0. The zero-order valence-electron chi connectivity index (χ0n) is 10.5. The van der Waals surface area contributed by atoms with E-state index in [1.165, 1.54) is 0 Å². The predicted molar refractivity (Wildman–Crippen MR) is 71.7 cm³/mol. The van der Waals surface area contributed by atoms with E-state index in [2.05, 4.69) is 9.97 Å². The minimum atomic E-state index is 0.0536. The Morgan fingerprint density at radius 3 is 2.79 bits per heavy atom. The smallest absolute Gasteiger partial charge is 0.219 e. The highest BCUT2D eigenvalue weighted by Gasteiger charge is 2.18. The molecule has 1 aliphatic rings. The topological polar surface area (TPSA) is 70.3 Å². The lowest BCUT2D eigenvalue weighted by molar-refractivity contribution is 0.138. The molecule has 1 fully saturated rings. The Balaban J connectivity index is 1.87. The first-order valence-corrected chi connectivity index (χ1v) is 6.25. The molecule has 0 amide bonds. The highest BCUT2D eigenvalue weighted by molar-refractivity contribution is 5.57. The fourth-order valence-corrected chi connectivity index (χ4v) is 2.00. The van der Waals surface area contributed by atoms with Gasteiger partial charge in [0.25, 0.3) is 0 Å². The SMILES string of the molecule is Nc1cc(OC2CCOC2)nc(-c2ccccc2)n1. The normalized spacial score (nSPS) is 18.4. The number of hydrogen-bond donors (Lipinski definition) is 1. The molecule has 0 spiro atoms. The lowest BCUT2D eigenvalue weighted by Gasteiger charge is -2.12. The summed E-state index contributed by atoms with van der Waals surface area (Å²) in [5, 5.41) is 0. The van der Waals surface area contributed by atoms with Crippen molar-refractivity contribution in [2.24, 2.45) is 0 Å². The van der Waals surface area contributed by atoms with E-state index in [-0.39, 0.29) is 6.10 Å². The maximum absolute atomic E-state index is 5.81. The van der Waals surface area contributed by atoms with E-state index in [4.69, 9.17) is 15.2 Å². The Hall–Kier alpha value is -2.14. The Kier molecular flexibility index (Phi) is 3.29. The second kappa shape index (κ2) is 5.24. The summed E-state index contributed by atoms with van der Waals surface area (Å²) in [6.45, 7) is 1.33. The number of nitrogens with zero attached hydrogens (tertiary/aromatic N) is 2. The lowest BCUT2D eigenvalue weighted by atomic mass is 10.2. The van der Waals surface area contributed by atoms with Gasteiger partial charge in [-0.2, -0.15) is 4.98 Å². The van der Waals surface area contributed by atoms with Crippen molar-refractivity contribution >= 4 is 5.82 Å². The number of anilines is 1. The first-order chi connectivity index (χ1) is 9.31. The van der Waals surface area contributed by atoms with Gasteiger partial charge >= 0.3 is 0 Å². The molecule has 2 N–H and O–H groups in total. The summed E-state index contributed by atoms with van der Waals surface area (Å²) in [5.74, 6) is 1.49. The zero-order chi connectivity index (χ0) is 13.1.